The lowest BCUT2D eigenvalue weighted by atomic mass is 10.2. The molecule has 0 unspecified atom stereocenters. The molecule has 0 atom stereocenters. The standard InChI is InChI=1S/C16H22N2O2.BrH/c1-2-20-16(19)11-17-12-18(13-7-3-4-8-13)15-10-6-5-9-14(15)17;/h5-6,9-10,13H,2-4,7-8,11-12H2,1H3;1H. The maximum absolute atomic E-state index is 11.8. The third-order valence-electron chi connectivity index (χ3n) is 4.25. The summed E-state index contributed by atoms with van der Waals surface area (Å²) >= 11 is 0. The molecule has 0 saturated heterocycles. The Labute approximate surface area is 136 Å². The average molecular weight is 355 g/mol. The number of para-hydroxylation sites is 2. The molecule has 1 saturated carbocycles. The largest absolute Gasteiger partial charge is 0.465 e. The number of fused-ring (bicyclic) bond motifs is 1. The maximum Gasteiger partial charge on any atom is 0.325 e. The van der Waals surface area contributed by atoms with Crippen LogP contribution in [0.25, 0.3) is 0 Å². The van der Waals surface area contributed by atoms with Crippen molar-refractivity contribution in [1.82, 2.24) is 0 Å². The Morgan fingerprint density at radius 1 is 1.24 bits per heavy atom. The van der Waals surface area contributed by atoms with Gasteiger partial charge in [0, 0.05) is 6.04 Å². The van der Waals surface area contributed by atoms with Crippen molar-refractivity contribution in [2.45, 2.75) is 38.6 Å². The van der Waals surface area contributed by atoms with Crippen LogP contribution in [-0.4, -0.2) is 31.8 Å². The third-order valence-corrected chi connectivity index (χ3v) is 4.25. The smallest absolute Gasteiger partial charge is 0.325 e. The van der Waals surface area contributed by atoms with E-state index in [9.17, 15) is 4.79 Å². The predicted octanol–water partition coefficient (Wildman–Crippen LogP) is 3.35. The molecule has 0 radical (unpaired) electrons. The van der Waals surface area contributed by atoms with Gasteiger partial charge in [-0.2, -0.15) is 0 Å². The summed E-state index contributed by atoms with van der Waals surface area (Å²) in [5.74, 6) is -0.143. The van der Waals surface area contributed by atoms with Crippen molar-refractivity contribution in [1.29, 1.82) is 0 Å². The Morgan fingerprint density at radius 3 is 2.57 bits per heavy atom. The van der Waals surface area contributed by atoms with E-state index < -0.39 is 0 Å². The summed E-state index contributed by atoms with van der Waals surface area (Å²) in [6, 6.07) is 9.01. The van der Waals surface area contributed by atoms with Gasteiger partial charge in [-0.15, -0.1) is 17.0 Å². The van der Waals surface area contributed by atoms with Crippen molar-refractivity contribution in [3.05, 3.63) is 24.3 Å². The highest BCUT2D eigenvalue weighted by Crippen LogP contribution is 2.39. The number of hydrogen-bond acceptors (Lipinski definition) is 4. The van der Waals surface area contributed by atoms with Gasteiger partial charge in [-0.25, -0.2) is 0 Å². The average Bonchev–Trinajstić information content (AvgIpc) is 3.07. The second-order valence-corrected chi connectivity index (χ2v) is 5.54. The maximum atomic E-state index is 11.8. The first-order chi connectivity index (χ1) is 9.79. The van der Waals surface area contributed by atoms with Crippen LogP contribution in [0.4, 0.5) is 11.4 Å². The molecule has 0 aromatic heterocycles. The normalized spacial score (nSPS) is 17.6. The highest BCUT2D eigenvalue weighted by atomic mass is 79.9. The third kappa shape index (κ3) is 3.34. The van der Waals surface area contributed by atoms with E-state index in [1.54, 1.807) is 0 Å². The summed E-state index contributed by atoms with van der Waals surface area (Å²) in [5, 5.41) is 0. The molecule has 0 amide bonds. The van der Waals surface area contributed by atoms with Crippen LogP contribution < -0.4 is 9.80 Å². The molecule has 0 bridgehead atoms. The molecular weight excluding hydrogens is 332 g/mol. The Bertz CT molecular complexity index is 489. The first-order valence-electron chi connectivity index (χ1n) is 7.56. The number of carbonyl (C=O) groups excluding carboxylic acids is 1. The molecule has 116 valence electrons. The lowest BCUT2D eigenvalue weighted by molar-refractivity contribution is -0.141. The number of benzene rings is 1. The van der Waals surface area contributed by atoms with Crippen molar-refractivity contribution in [3.63, 3.8) is 0 Å². The topological polar surface area (TPSA) is 32.8 Å². The van der Waals surface area contributed by atoms with Gasteiger partial charge < -0.3 is 14.5 Å². The Morgan fingerprint density at radius 2 is 1.90 bits per heavy atom. The molecule has 1 fully saturated rings. The number of ether oxygens (including phenoxy) is 1. The molecule has 1 aliphatic carbocycles. The van der Waals surface area contributed by atoms with Crippen molar-refractivity contribution in [2.75, 3.05) is 29.6 Å². The Kier molecular flexibility index (Phi) is 5.51. The van der Waals surface area contributed by atoms with Gasteiger partial charge in [0.1, 0.15) is 6.54 Å². The zero-order valence-corrected chi connectivity index (χ0v) is 14.2. The number of nitrogens with zero attached hydrogens (tertiary/aromatic N) is 2. The number of carbonyl (C=O) groups is 1. The van der Waals surface area contributed by atoms with E-state index in [1.165, 1.54) is 31.4 Å². The Balaban J connectivity index is 0.00000161. The van der Waals surface area contributed by atoms with Gasteiger partial charge in [0.2, 0.25) is 0 Å². The van der Waals surface area contributed by atoms with Gasteiger partial charge in [0.25, 0.3) is 0 Å². The highest BCUT2D eigenvalue weighted by molar-refractivity contribution is 8.93. The van der Waals surface area contributed by atoms with Gasteiger partial charge in [0.05, 0.1) is 24.7 Å². The summed E-state index contributed by atoms with van der Waals surface area (Å²) in [6.45, 7) is 3.44. The van der Waals surface area contributed by atoms with Crippen molar-refractivity contribution in [3.8, 4) is 0 Å². The van der Waals surface area contributed by atoms with Crippen LogP contribution in [0.15, 0.2) is 24.3 Å². The number of rotatable bonds is 4. The van der Waals surface area contributed by atoms with Crippen LogP contribution in [0.2, 0.25) is 0 Å². The van der Waals surface area contributed by atoms with Crippen LogP contribution in [0.3, 0.4) is 0 Å². The molecule has 5 heteroatoms. The van der Waals surface area contributed by atoms with E-state index in [1.807, 2.05) is 13.0 Å². The molecule has 1 aliphatic heterocycles. The first kappa shape index (κ1) is 16.1. The number of anilines is 2. The fourth-order valence-electron chi connectivity index (χ4n) is 3.34. The molecule has 0 spiro atoms. The zero-order chi connectivity index (χ0) is 13.9. The van der Waals surface area contributed by atoms with E-state index in [0.29, 0.717) is 19.2 Å². The van der Waals surface area contributed by atoms with E-state index in [2.05, 4.69) is 28.0 Å². The van der Waals surface area contributed by atoms with Gasteiger partial charge in [-0.3, -0.25) is 4.79 Å². The molecule has 0 N–H and O–H groups in total. The SMILES string of the molecule is Br.CCOC(=O)CN1CN(C2CCCC2)c2ccccc21. The second kappa shape index (κ2) is 7.16. The highest BCUT2D eigenvalue weighted by Gasteiger charge is 2.32. The minimum atomic E-state index is -0.143. The van der Waals surface area contributed by atoms with Crippen LogP contribution >= 0.6 is 17.0 Å². The van der Waals surface area contributed by atoms with Crippen LogP contribution in [0, 0.1) is 0 Å². The van der Waals surface area contributed by atoms with Crippen LogP contribution in [-0.2, 0) is 9.53 Å². The molecule has 2 aliphatic rings. The van der Waals surface area contributed by atoms with Crippen LogP contribution in [0.5, 0.6) is 0 Å². The minimum Gasteiger partial charge on any atom is -0.465 e. The molecule has 1 aromatic carbocycles. The molecule has 3 rings (SSSR count). The predicted molar refractivity (Wildman–Crippen MR) is 90.3 cm³/mol. The lowest BCUT2D eigenvalue weighted by Crippen LogP contribution is -2.39. The van der Waals surface area contributed by atoms with E-state index in [-0.39, 0.29) is 23.0 Å². The monoisotopic (exact) mass is 354 g/mol. The van der Waals surface area contributed by atoms with Crippen LogP contribution in [0.1, 0.15) is 32.6 Å². The Hall–Kier alpha value is -1.23. The van der Waals surface area contributed by atoms with E-state index in [4.69, 9.17) is 4.74 Å². The van der Waals surface area contributed by atoms with Gasteiger partial charge in [-0.1, -0.05) is 25.0 Å². The summed E-state index contributed by atoms with van der Waals surface area (Å²) in [6.07, 6.45) is 5.17. The summed E-state index contributed by atoms with van der Waals surface area (Å²) < 4.78 is 5.08. The quantitative estimate of drug-likeness (QED) is 0.776. The summed E-state index contributed by atoms with van der Waals surface area (Å²) in [4.78, 5) is 16.3. The van der Waals surface area contributed by atoms with E-state index >= 15 is 0 Å². The van der Waals surface area contributed by atoms with Crippen molar-refractivity contribution in [2.24, 2.45) is 0 Å². The molecule has 4 nitrogen and oxygen atoms in total. The summed E-state index contributed by atoms with van der Waals surface area (Å²) in [5.41, 5.74) is 2.43. The van der Waals surface area contributed by atoms with Crippen molar-refractivity contribution >= 4 is 34.3 Å². The molecular formula is C16H23BrN2O2. The minimum absolute atomic E-state index is 0. The van der Waals surface area contributed by atoms with E-state index in [0.717, 1.165) is 12.4 Å². The molecule has 1 aromatic rings. The fourth-order valence-corrected chi connectivity index (χ4v) is 3.34. The fraction of sp³-hybridized carbons (Fsp3) is 0.562. The summed E-state index contributed by atoms with van der Waals surface area (Å²) in [7, 11) is 0. The molecule has 21 heavy (non-hydrogen) atoms. The number of halogens is 1. The van der Waals surface area contributed by atoms with Crippen molar-refractivity contribution < 1.29 is 9.53 Å². The first-order valence-corrected chi connectivity index (χ1v) is 7.56. The van der Waals surface area contributed by atoms with Gasteiger partial charge in [0.15, 0.2) is 0 Å². The van der Waals surface area contributed by atoms with Gasteiger partial charge in [-0.05, 0) is 31.9 Å². The molecule has 1 heterocycles. The number of esters is 1. The second-order valence-electron chi connectivity index (χ2n) is 5.54. The zero-order valence-electron chi connectivity index (χ0n) is 12.5. The number of hydrogen-bond donors (Lipinski definition) is 0. The van der Waals surface area contributed by atoms with Gasteiger partial charge >= 0.3 is 5.97 Å². The lowest BCUT2D eigenvalue weighted by Gasteiger charge is -2.27.